The molecule has 1 atom stereocenters. The fourth-order valence-electron chi connectivity index (χ4n) is 2.63. The summed E-state index contributed by atoms with van der Waals surface area (Å²) < 4.78 is 11.0. The number of carbonyl (C=O) groups is 1. The van der Waals surface area contributed by atoms with Crippen LogP contribution in [0.3, 0.4) is 0 Å². The van der Waals surface area contributed by atoms with Crippen LogP contribution in [0.2, 0.25) is 0 Å². The molecule has 0 saturated carbocycles. The second-order valence-corrected chi connectivity index (χ2v) is 6.51. The summed E-state index contributed by atoms with van der Waals surface area (Å²) >= 11 is 0. The zero-order chi connectivity index (χ0) is 18.4. The Morgan fingerprint density at radius 3 is 2.44 bits per heavy atom. The van der Waals surface area contributed by atoms with E-state index in [-0.39, 0.29) is 11.9 Å². The number of carbonyl (C=O) groups excluding carboxylic acids is 1. The predicted molar refractivity (Wildman–Crippen MR) is 100 cm³/mol. The quantitative estimate of drug-likeness (QED) is 0.834. The summed E-state index contributed by atoms with van der Waals surface area (Å²) in [5.74, 6) is 1.65. The van der Waals surface area contributed by atoms with Crippen LogP contribution in [0.1, 0.15) is 29.2 Å². The Morgan fingerprint density at radius 2 is 1.80 bits per heavy atom. The summed E-state index contributed by atoms with van der Waals surface area (Å²) in [5, 5.41) is 2.98. The van der Waals surface area contributed by atoms with Crippen LogP contribution in [0.4, 0.5) is 0 Å². The number of nitrogens with one attached hydrogen (secondary N) is 1. The zero-order valence-electron chi connectivity index (χ0n) is 15.7. The molecule has 2 aromatic carbocycles. The number of rotatable bonds is 7. The number of amides is 1. The Labute approximate surface area is 150 Å². The number of hydrogen-bond donors (Lipinski definition) is 1. The summed E-state index contributed by atoms with van der Waals surface area (Å²) in [6.07, 6.45) is 0.346. The summed E-state index contributed by atoms with van der Waals surface area (Å²) in [6, 6.07) is 11.7. The van der Waals surface area contributed by atoms with Gasteiger partial charge in [-0.1, -0.05) is 18.2 Å². The largest absolute Gasteiger partial charge is 0.496 e. The molecular weight excluding hydrogens is 314 g/mol. The van der Waals surface area contributed by atoms with Crippen molar-refractivity contribution >= 4 is 5.91 Å². The Bertz CT molecular complexity index is 740. The minimum atomic E-state index is -0.0616. The summed E-state index contributed by atoms with van der Waals surface area (Å²) in [7, 11) is 1.64. The fraction of sp³-hybridized carbons (Fsp3) is 0.381. The van der Waals surface area contributed by atoms with Crippen LogP contribution >= 0.6 is 0 Å². The van der Waals surface area contributed by atoms with E-state index in [0.29, 0.717) is 13.0 Å². The van der Waals surface area contributed by atoms with E-state index in [0.717, 1.165) is 22.6 Å². The SMILES string of the molecule is COc1ccc(CC(=O)N[C@@H](C)COc2ccc(C)c(C)c2)cc1C. The molecule has 4 nitrogen and oxygen atoms in total. The highest BCUT2D eigenvalue weighted by Gasteiger charge is 2.10. The summed E-state index contributed by atoms with van der Waals surface area (Å²) in [4.78, 5) is 12.2. The first-order valence-electron chi connectivity index (χ1n) is 8.52. The molecule has 0 aliphatic rings. The van der Waals surface area contributed by atoms with E-state index in [4.69, 9.17) is 9.47 Å². The first-order valence-corrected chi connectivity index (χ1v) is 8.52. The average Bonchev–Trinajstić information content (AvgIpc) is 2.56. The van der Waals surface area contributed by atoms with Gasteiger partial charge in [0.1, 0.15) is 18.1 Å². The molecule has 0 unspecified atom stereocenters. The second kappa shape index (κ2) is 8.56. The van der Waals surface area contributed by atoms with E-state index < -0.39 is 0 Å². The topological polar surface area (TPSA) is 47.6 Å². The first-order chi connectivity index (χ1) is 11.9. The lowest BCUT2D eigenvalue weighted by Gasteiger charge is -2.16. The maximum absolute atomic E-state index is 12.2. The van der Waals surface area contributed by atoms with Crippen LogP contribution in [0.25, 0.3) is 0 Å². The van der Waals surface area contributed by atoms with Crippen molar-refractivity contribution in [1.29, 1.82) is 0 Å². The van der Waals surface area contributed by atoms with Crippen LogP contribution in [-0.4, -0.2) is 25.7 Å². The van der Waals surface area contributed by atoms with E-state index in [1.807, 2.05) is 50.2 Å². The molecule has 0 spiro atoms. The smallest absolute Gasteiger partial charge is 0.224 e. The van der Waals surface area contributed by atoms with Crippen molar-refractivity contribution in [3.8, 4) is 11.5 Å². The van der Waals surface area contributed by atoms with Gasteiger partial charge in [-0.3, -0.25) is 4.79 Å². The van der Waals surface area contributed by atoms with Crippen molar-refractivity contribution in [3.05, 3.63) is 58.7 Å². The van der Waals surface area contributed by atoms with Gasteiger partial charge in [0.2, 0.25) is 5.91 Å². The molecule has 0 aromatic heterocycles. The van der Waals surface area contributed by atoms with Gasteiger partial charge < -0.3 is 14.8 Å². The first kappa shape index (κ1) is 18.8. The molecule has 0 bridgehead atoms. The molecule has 0 aliphatic carbocycles. The fourth-order valence-corrected chi connectivity index (χ4v) is 2.63. The molecule has 0 aliphatic heterocycles. The number of methoxy groups -OCH3 is 1. The Morgan fingerprint density at radius 1 is 1.04 bits per heavy atom. The van der Waals surface area contributed by atoms with E-state index >= 15 is 0 Å². The normalized spacial score (nSPS) is 11.7. The zero-order valence-corrected chi connectivity index (χ0v) is 15.7. The molecule has 134 valence electrons. The third kappa shape index (κ3) is 5.52. The number of benzene rings is 2. The van der Waals surface area contributed by atoms with E-state index in [1.165, 1.54) is 11.1 Å². The lowest BCUT2D eigenvalue weighted by atomic mass is 10.1. The third-order valence-electron chi connectivity index (χ3n) is 4.21. The molecule has 4 heteroatoms. The molecule has 1 N–H and O–H groups in total. The minimum Gasteiger partial charge on any atom is -0.496 e. The minimum absolute atomic E-state index is 0.0132. The van der Waals surface area contributed by atoms with Gasteiger partial charge in [0.15, 0.2) is 0 Å². The van der Waals surface area contributed by atoms with E-state index in [1.54, 1.807) is 7.11 Å². The van der Waals surface area contributed by atoms with Gasteiger partial charge in [-0.05, 0) is 68.1 Å². The van der Waals surface area contributed by atoms with Crippen molar-refractivity contribution in [2.24, 2.45) is 0 Å². The molecule has 2 rings (SSSR count). The van der Waals surface area contributed by atoms with Crippen LogP contribution in [-0.2, 0) is 11.2 Å². The third-order valence-corrected chi connectivity index (χ3v) is 4.21. The van der Waals surface area contributed by atoms with Gasteiger partial charge in [-0.15, -0.1) is 0 Å². The molecule has 25 heavy (non-hydrogen) atoms. The lowest BCUT2D eigenvalue weighted by molar-refractivity contribution is -0.121. The molecule has 0 radical (unpaired) electrons. The molecule has 1 amide bonds. The Balaban J connectivity index is 1.83. The van der Waals surface area contributed by atoms with Crippen molar-refractivity contribution in [2.75, 3.05) is 13.7 Å². The Hall–Kier alpha value is -2.49. The number of aryl methyl sites for hydroxylation is 3. The van der Waals surface area contributed by atoms with Crippen molar-refractivity contribution < 1.29 is 14.3 Å². The van der Waals surface area contributed by atoms with Crippen LogP contribution in [0, 0.1) is 20.8 Å². The molecular formula is C21H27NO3. The molecule has 2 aromatic rings. The maximum Gasteiger partial charge on any atom is 0.224 e. The molecule has 0 saturated heterocycles. The highest BCUT2D eigenvalue weighted by atomic mass is 16.5. The van der Waals surface area contributed by atoms with Crippen molar-refractivity contribution in [3.63, 3.8) is 0 Å². The predicted octanol–water partition coefficient (Wildman–Crippen LogP) is 3.75. The van der Waals surface area contributed by atoms with Gasteiger partial charge in [0.05, 0.1) is 19.6 Å². The number of hydrogen-bond acceptors (Lipinski definition) is 3. The van der Waals surface area contributed by atoms with Gasteiger partial charge in [-0.2, -0.15) is 0 Å². The van der Waals surface area contributed by atoms with Crippen molar-refractivity contribution in [2.45, 2.75) is 40.2 Å². The average molecular weight is 341 g/mol. The molecule has 0 heterocycles. The van der Waals surface area contributed by atoms with E-state index in [2.05, 4.69) is 19.2 Å². The van der Waals surface area contributed by atoms with Gasteiger partial charge in [0, 0.05) is 0 Å². The van der Waals surface area contributed by atoms with Crippen LogP contribution < -0.4 is 14.8 Å². The summed E-state index contributed by atoms with van der Waals surface area (Å²) in [5.41, 5.74) is 4.43. The van der Waals surface area contributed by atoms with Crippen LogP contribution in [0.5, 0.6) is 11.5 Å². The second-order valence-electron chi connectivity index (χ2n) is 6.51. The highest BCUT2D eigenvalue weighted by Crippen LogP contribution is 2.19. The standard InChI is InChI=1S/C21H27NO3/c1-14-6-8-19(11-15(14)2)25-13-17(4)22-21(23)12-18-7-9-20(24-5)16(3)10-18/h6-11,17H,12-13H2,1-5H3,(H,22,23)/t17-/m0/s1. The monoisotopic (exact) mass is 341 g/mol. The van der Waals surface area contributed by atoms with Crippen LogP contribution in [0.15, 0.2) is 36.4 Å². The number of ether oxygens (including phenoxy) is 2. The van der Waals surface area contributed by atoms with Gasteiger partial charge >= 0.3 is 0 Å². The van der Waals surface area contributed by atoms with Gasteiger partial charge in [0.25, 0.3) is 0 Å². The lowest BCUT2D eigenvalue weighted by Crippen LogP contribution is -2.37. The molecule has 0 fully saturated rings. The van der Waals surface area contributed by atoms with Crippen molar-refractivity contribution in [1.82, 2.24) is 5.32 Å². The maximum atomic E-state index is 12.2. The summed E-state index contributed by atoms with van der Waals surface area (Å²) in [6.45, 7) is 8.49. The Kier molecular flexibility index (Phi) is 6.45. The van der Waals surface area contributed by atoms with E-state index in [9.17, 15) is 4.79 Å². The highest BCUT2D eigenvalue weighted by molar-refractivity contribution is 5.79. The van der Waals surface area contributed by atoms with Gasteiger partial charge in [-0.25, -0.2) is 0 Å².